The summed E-state index contributed by atoms with van der Waals surface area (Å²) in [5, 5.41) is 12.6. The molecule has 0 fully saturated rings. The van der Waals surface area contributed by atoms with Gasteiger partial charge in [0.2, 0.25) is 5.91 Å². The smallest absolute Gasteiger partial charge is 0.288 e. The first-order valence-corrected chi connectivity index (χ1v) is 4.98. The molecule has 1 aliphatic heterocycles. The molecule has 0 saturated carbocycles. The lowest BCUT2D eigenvalue weighted by molar-refractivity contribution is -0.533. The highest BCUT2D eigenvalue weighted by Gasteiger charge is 2.31. The van der Waals surface area contributed by atoms with Gasteiger partial charge in [0.25, 0.3) is 12.1 Å². The van der Waals surface area contributed by atoms with E-state index in [1.807, 2.05) is 5.32 Å². The summed E-state index contributed by atoms with van der Waals surface area (Å²) in [5.74, 6) is -3.64. The average molecular weight is 249 g/mol. The summed E-state index contributed by atoms with van der Waals surface area (Å²) in [5.41, 5.74) is 0. The zero-order valence-corrected chi connectivity index (χ0v) is 9.23. The summed E-state index contributed by atoms with van der Waals surface area (Å²) in [6.45, 7) is -0.0863. The fourth-order valence-electron chi connectivity index (χ4n) is 1.40. The summed E-state index contributed by atoms with van der Waals surface area (Å²) in [6.07, 6.45) is 1.87. The van der Waals surface area contributed by atoms with Crippen molar-refractivity contribution in [3.8, 4) is 0 Å². The summed E-state index contributed by atoms with van der Waals surface area (Å²) in [6, 6.07) is 0. The van der Waals surface area contributed by atoms with E-state index in [-0.39, 0.29) is 13.1 Å². The summed E-state index contributed by atoms with van der Waals surface area (Å²) in [4.78, 5) is 22.6. The first-order chi connectivity index (χ1) is 7.79. The van der Waals surface area contributed by atoms with Gasteiger partial charge in [0.1, 0.15) is 0 Å². The molecule has 0 bridgehead atoms. The fourth-order valence-corrected chi connectivity index (χ4v) is 1.40. The van der Waals surface area contributed by atoms with Gasteiger partial charge < -0.3 is 5.32 Å². The van der Waals surface area contributed by atoms with E-state index in [1.165, 1.54) is 11.0 Å². The lowest BCUT2D eigenvalue weighted by Gasteiger charge is -2.18. The van der Waals surface area contributed by atoms with E-state index in [2.05, 4.69) is 0 Å². The molecule has 0 saturated heterocycles. The molecule has 0 aromatic rings. The molecule has 1 heterocycles. The maximum Gasteiger partial charge on any atom is 0.288 e. The maximum atomic E-state index is 12.5. The molecular weight excluding hydrogens is 236 g/mol. The number of halogens is 2. The fraction of sp³-hybridized carbons (Fsp3) is 0.667. The van der Waals surface area contributed by atoms with Crippen molar-refractivity contribution < 1.29 is 18.5 Å². The number of rotatable bonds is 5. The number of carbonyl (C=O) groups excluding carboxylic acids is 1. The number of carbonyl (C=O) groups is 1. The van der Waals surface area contributed by atoms with Gasteiger partial charge in [-0.2, -0.15) is 0 Å². The van der Waals surface area contributed by atoms with Crippen molar-refractivity contribution in [3.05, 3.63) is 22.3 Å². The Labute approximate surface area is 96.4 Å². The molecule has 1 amide bonds. The van der Waals surface area contributed by atoms with E-state index >= 15 is 0 Å². The van der Waals surface area contributed by atoms with Crippen molar-refractivity contribution in [3.63, 3.8) is 0 Å². The van der Waals surface area contributed by atoms with E-state index in [0.29, 0.717) is 6.92 Å². The van der Waals surface area contributed by atoms with E-state index in [4.69, 9.17) is 0 Å². The largest absolute Gasteiger partial charge is 0.349 e. The Morgan fingerprint density at radius 3 is 2.88 bits per heavy atom. The Kier molecular flexibility index (Phi) is 4.11. The first-order valence-electron chi connectivity index (χ1n) is 4.98. The van der Waals surface area contributed by atoms with Crippen LogP contribution in [0.15, 0.2) is 12.2 Å². The molecular formula is C9H13F2N3O3. The van der Waals surface area contributed by atoms with Crippen LogP contribution in [-0.2, 0) is 4.79 Å². The summed E-state index contributed by atoms with van der Waals surface area (Å²) in [7, 11) is 0. The Balaban J connectivity index is 2.39. The van der Waals surface area contributed by atoms with Crippen molar-refractivity contribution in [2.24, 2.45) is 0 Å². The van der Waals surface area contributed by atoms with Crippen LogP contribution in [0.3, 0.4) is 0 Å². The van der Waals surface area contributed by atoms with Crippen molar-refractivity contribution >= 4 is 5.91 Å². The molecule has 1 rings (SSSR count). The second kappa shape index (κ2) is 5.17. The molecule has 0 spiro atoms. The van der Waals surface area contributed by atoms with Crippen LogP contribution in [0.25, 0.3) is 0 Å². The summed E-state index contributed by atoms with van der Waals surface area (Å²) < 4.78 is 24.9. The third-order valence-electron chi connectivity index (χ3n) is 2.18. The van der Waals surface area contributed by atoms with Crippen LogP contribution in [0, 0.1) is 10.1 Å². The molecule has 0 aromatic heterocycles. The van der Waals surface area contributed by atoms with Gasteiger partial charge in [-0.05, 0) is 0 Å². The second-order valence-electron chi connectivity index (χ2n) is 3.90. The number of nitrogens with zero attached hydrogens (tertiary/aromatic N) is 2. The highest BCUT2D eigenvalue weighted by Crippen LogP contribution is 2.11. The molecule has 1 aliphatic rings. The van der Waals surface area contributed by atoms with Crippen LogP contribution in [0.5, 0.6) is 0 Å². The zero-order chi connectivity index (χ0) is 13.1. The maximum absolute atomic E-state index is 12.5. The minimum Gasteiger partial charge on any atom is -0.349 e. The van der Waals surface area contributed by atoms with E-state index < -0.39 is 29.5 Å². The number of nitro groups is 1. The number of hydrogen-bond acceptors (Lipinski definition) is 4. The highest BCUT2D eigenvalue weighted by atomic mass is 19.3. The van der Waals surface area contributed by atoms with Crippen molar-refractivity contribution in [2.75, 3.05) is 19.6 Å². The zero-order valence-electron chi connectivity index (χ0n) is 9.23. The molecule has 96 valence electrons. The van der Waals surface area contributed by atoms with Crippen LogP contribution >= 0.6 is 0 Å². The SMILES string of the molecule is CC(F)(F)CNC(=O)CN1CC=CC1[N+](=O)[O-]. The number of nitrogens with one attached hydrogen (secondary N) is 1. The molecule has 1 atom stereocenters. The number of alkyl halides is 2. The normalized spacial score (nSPS) is 20.5. The Hall–Kier alpha value is -1.57. The van der Waals surface area contributed by atoms with Crippen molar-refractivity contribution in [1.29, 1.82) is 0 Å². The molecule has 1 unspecified atom stereocenters. The van der Waals surface area contributed by atoms with Gasteiger partial charge in [0.15, 0.2) is 0 Å². The van der Waals surface area contributed by atoms with Crippen LogP contribution in [-0.4, -0.2) is 47.5 Å². The lowest BCUT2D eigenvalue weighted by Crippen LogP contribution is -2.45. The third-order valence-corrected chi connectivity index (χ3v) is 2.18. The molecule has 17 heavy (non-hydrogen) atoms. The van der Waals surface area contributed by atoms with Gasteiger partial charge in [-0.25, -0.2) is 13.7 Å². The molecule has 0 aromatic carbocycles. The molecule has 0 aliphatic carbocycles. The highest BCUT2D eigenvalue weighted by molar-refractivity contribution is 5.78. The van der Waals surface area contributed by atoms with Gasteiger partial charge in [0, 0.05) is 24.5 Å². The van der Waals surface area contributed by atoms with Crippen molar-refractivity contribution in [2.45, 2.75) is 19.0 Å². The van der Waals surface area contributed by atoms with E-state index in [9.17, 15) is 23.7 Å². The molecule has 8 heteroatoms. The topological polar surface area (TPSA) is 75.5 Å². The molecule has 1 N–H and O–H groups in total. The summed E-state index contributed by atoms with van der Waals surface area (Å²) >= 11 is 0. The minimum absolute atomic E-state index is 0.265. The second-order valence-corrected chi connectivity index (χ2v) is 3.90. The van der Waals surface area contributed by atoms with Crippen molar-refractivity contribution in [1.82, 2.24) is 10.2 Å². The van der Waals surface area contributed by atoms with Crippen LogP contribution in [0.1, 0.15) is 6.92 Å². The molecule has 6 nitrogen and oxygen atoms in total. The Morgan fingerprint density at radius 2 is 2.35 bits per heavy atom. The predicted molar refractivity (Wildman–Crippen MR) is 55.1 cm³/mol. The third kappa shape index (κ3) is 4.43. The van der Waals surface area contributed by atoms with E-state index in [1.54, 1.807) is 6.08 Å². The Bertz CT molecular complexity index is 341. The quantitative estimate of drug-likeness (QED) is 0.430. The van der Waals surface area contributed by atoms with Gasteiger partial charge in [-0.1, -0.05) is 6.08 Å². The minimum atomic E-state index is -2.98. The molecule has 0 radical (unpaired) electrons. The van der Waals surface area contributed by atoms with Gasteiger partial charge in [-0.15, -0.1) is 0 Å². The van der Waals surface area contributed by atoms with E-state index in [0.717, 1.165) is 0 Å². The lowest BCUT2D eigenvalue weighted by atomic mass is 10.3. The monoisotopic (exact) mass is 249 g/mol. The number of amides is 1. The van der Waals surface area contributed by atoms with Crippen LogP contribution in [0.4, 0.5) is 8.78 Å². The van der Waals surface area contributed by atoms with Gasteiger partial charge in [-0.3, -0.25) is 14.9 Å². The number of hydrogen-bond donors (Lipinski definition) is 1. The Morgan fingerprint density at radius 1 is 1.71 bits per heavy atom. The van der Waals surface area contributed by atoms with Gasteiger partial charge >= 0.3 is 0 Å². The van der Waals surface area contributed by atoms with Crippen LogP contribution in [0.2, 0.25) is 0 Å². The average Bonchev–Trinajstić information content (AvgIpc) is 2.62. The van der Waals surface area contributed by atoms with Crippen LogP contribution < -0.4 is 5.32 Å². The standard InChI is InChI=1S/C9H13F2N3O3/c1-9(10,11)6-12-7(15)5-13-4-2-3-8(13)14(16)17/h2-3,8H,4-6H2,1H3,(H,12,15). The predicted octanol–water partition coefficient (Wildman–Crippen LogP) is 0.232. The first kappa shape index (κ1) is 13.5. The van der Waals surface area contributed by atoms with Gasteiger partial charge in [0.05, 0.1) is 13.1 Å².